The molecule has 2 N–H and O–H groups in total. The molecule has 1 unspecified atom stereocenters. The van der Waals surface area contributed by atoms with Crippen LogP contribution in [0, 0.1) is 0 Å². The van der Waals surface area contributed by atoms with Crippen molar-refractivity contribution in [3.63, 3.8) is 0 Å². The first-order valence-corrected chi connectivity index (χ1v) is 10.8. The Hall–Kier alpha value is -0.940. The normalized spacial score (nSPS) is 20.3. The maximum atomic E-state index is 5.93. The number of halogens is 1. The van der Waals surface area contributed by atoms with E-state index in [0.29, 0.717) is 18.1 Å². The van der Waals surface area contributed by atoms with E-state index < -0.39 is 0 Å². The summed E-state index contributed by atoms with van der Waals surface area (Å²) >= 11 is 0. The van der Waals surface area contributed by atoms with Crippen LogP contribution in [0.1, 0.15) is 64.0 Å². The maximum Gasteiger partial charge on any atom is 0.191 e. The molecule has 1 fully saturated rings. The molecule has 0 aliphatic carbocycles. The molecule has 0 saturated carbocycles. The molecule has 0 spiro atoms. The lowest BCUT2D eigenvalue weighted by Crippen LogP contribution is -2.47. The fourth-order valence-corrected chi connectivity index (χ4v) is 3.55. The van der Waals surface area contributed by atoms with Crippen molar-refractivity contribution >= 4 is 29.9 Å². The van der Waals surface area contributed by atoms with Crippen LogP contribution in [0.25, 0.3) is 0 Å². The molecule has 1 aromatic heterocycles. The van der Waals surface area contributed by atoms with E-state index >= 15 is 0 Å². The number of ether oxygens (including phenoxy) is 2. The quantitative estimate of drug-likeness (QED) is 0.237. The maximum absolute atomic E-state index is 5.93. The van der Waals surface area contributed by atoms with Gasteiger partial charge >= 0.3 is 0 Å². The van der Waals surface area contributed by atoms with E-state index in [0.717, 1.165) is 89.2 Å². The summed E-state index contributed by atoms with van der Waals surface area (Å²) < 4.78 is 13.3. The highest BCUT2D eigenvalue weighted by Crippen LogP contribution is 2.17. The second-order valence-electron chi connectivity index (χ2n) is 7.90. The lowest BCUT2D eigenvalue weighted by Gasteiger charge is -2.25. The molecule has 2 aliphatic heterocycles. The SMILES string of the molecule is CCNC(=NCCCOC1CCOCC1)NC1CCc2nc(C(C)C)nn2C1.I. The van der Waals surface area contributed by atoms with Gasteiger partial charge in [0.15, 0.2) is 11.8 Å². The van der Waals surface area contributed by atoms with Crippen molar-refractivity contribution in [1.29, 1.82) is 0 Å². The third-order valence-electron chi connectivity index (χ3n) is 5.17. The zero-order chi connectivity index (χ0) is 19.8. The molecule has 29 heavy (non-hydrogen) atoms. The van der Waals surface area contributed by atoms with Crippen molar-refractivity contribution in [2.24, 2.45) is 4.99 Å². The molecule has 9 heteroatoms. The second-order valence-corrected chi connectivity index (χ2v) is 7.90. The van der Waals surface area contributed by atoms with Crippen molar-refractivity contribution in [2.75, 3.05) is 32.9 Å². The lowest BCUT2D eigenvalue weighted by molar-refractivity contribution is -0.0318. The number of fused-ring (bicyclic) bond motifs is 1. The van der Waals surface area contributed by atoms with Gasteiger partial charge in [-0.15, -0.1) is 24.0 Å². The highest BCUT2D eigenvalue weighted by molar-refractivity contribution is 14.0. The van der Waals surface area contributed by atoms with Crippen molar-refractivity contribution < 1.29 is 9.47 Å². The van der Waals surface area contributed by atoms with Gasteiger partial charge in [-0.3, -0.25) is 4.99 Å². The van der Waals surface area contributed by atoms with E-state index in [4.69, 9.17) is 14.5 Å². The molecule has 166 valence electrons. The first kappa shape index (κ1) is 24.3. The van der Waals surface area contributed by atoms with Crippen LogP contribution in [-0.4, -0.2) is 65.8 Å². The Morgan fingerprint density at radius 2 is 2.10 bits per heavy atom. The summed E-state index contributed by atoms with van der Waals surface area (Å²) in [5.41, 5.74) is 0. The lowest BCUT2D eigenvalue weighted by atomic mass is 10.1. The summed E-state index contributed by atoms with van der Waals surface area (Å²) in [6.07, 6.45) is 5.32. The summed E-state index contributed by atoms with van der Waals surface area (Å²) in [5, 5.41) is 11.6. The van der Waals surface area contributed by atoms with Gasteiger partial charge in [0.05, 0.1) is 12.6 Å². The minimum absolute atomic E-state index is 0. The third kappa shape index (κ3) is 7.67. The number of guanidine groups is 1. The first-order valence-electron chi connectivity index (χ1n) is 10.8. The van der Waals surface area contributed by atoms with E-state index in [1.54, 1.807) is 0 Å². The van der Waals surface area contributed by atoms with Gasteiger partial charge < -0.3 is 20.1 Å². The fourth-order valence-electron chi connectivity index (χ4n) is 3.55. The van der Waals surface area contributed by atoms with E-state index in [2.05, 4.69) is 46.2 Å². The molecule has 1 atom stereocenters. The first-order chi connectivity index (χ1) is 13.7. The molecule has 3 heterocycles. The minimum Gasteiger partial charge on any atom is -0.381 e. The Morgan fingerprint density at radius 3 is 2.83 bits per heavy atom. The smallest absolute Gasteiger partial charge is 0.191 e. The van der Waals surface area contributed by atoms with Gasteiger partial charge in [-0.05, 0) is 32.6 Å². The molecular formula is C20H37IN6O2. The zero-order valence-corrected chi connectivity index (χ0v) is 20.4. The fraction of sp³-hybridized carbons (Fsp3) is 0.850. The minimum atomic E-state index is 0. The molecule has 2 aliphatic rings. The Morgan fingerprint density at radius 1 is 1.31 bits per heavy atom. The Labute approximate surface area is 191 Å². The summed E-state index contributed by atoms with van der Waals surface area (Å²) in [7, 11) is 0. The van der Waals surface area contributed by atoms with E-state index in [9.17, 15) is 0 Å². The van der Waals surface area contributed by atoms with Gasteiger partial charge in [0.25, 0.3) is 0 Å². The van der Waals surface area contributed by atoms with Crippen LogP contribution in [0.5, 0.6) is 0 Å². The van der Waals surface area contributed by atoms with Gasteiger partial charge in [-0.1, -0.05) is 13.8 Å². The Balaban J connectivity index is 0.00000300. The van der Waals surface area contributed by atoms with Crippen LogP contribution in [0.15, 0.2) is 4.99 Å². The molecular weight excluding hydrogens is 483 g/mol. The predicted molar refractivity (Wildman–Crippen MR) is 125 cm³/mol. The van der Waals surface area contributed by atoms with Crippen LogP contribution in [0.2, 0.25) is 0 Å². The number of aliphatic imine (C=N–C) groups is 1. The largest absolute Gasteiger partial charge is 0.381 e. The highest BCUT2D eigenvalue weighted by Gasteiger charge is 2.23. The van der Waals surface area contributed by atoms with Gasteiger partial charge in [0.1, 0.15) is 5.82 Å². The van der Waals surface area contributed by atoms with E-state index in [1.165, 1.54) is 0 Å². The van der Waals surface area contributed by atoms with Crippen LogP contribution in [0.3, 0.4) is 0 Å². The number of aromatic nitrogens is 3. The molecule has 8 nitrogen and oxygen atoms in total. The van der Waals surface area contributed by atoms with Crippen LogP contribution >= 0.6 is 24.0 Å². The predicted octanol–water partition coefficient (Wildman–Crippen LogP) is 2.48. The van der Waals surface area contributed by atoms with E-state index in [1.807, 2.05) is 0 Å². The number of hydrogen-bond donors (Lipinski definition) is 2. The topological polar surface area (TPSA) is 85.6 Å². The van der Waals surface area contributed by atoms with E-state index in [-0.39, 0.29) is 24.0 Å². The van der Waals surface area contributed by atoms with Gasteiger partial charge in [0.2, 0.25) is 0 Å². The van der Waals surface area contributed by atoms with Crippen LogP contribution in [-0.2, 0) is 22.4 Å². The molecule has 0 bridgehead atoms. The molecule has 0 radical (unpaired) electrons. The molecule has 1 aromatic rings. The Kier molecular flexibility index (Phi) is 10.6. The van der Waals surface area contributed by atoms with Crippen molar-refractivity contribution in [2.45, 2.75) is 77.5 Å². The van der Waals surface area contributed by atoms with Gasteiger partial charge in [0, 0.05) is 51.3 Å². The number of nitrogens with zero attached hydrogens (tertiary/aromatic N) is 4. The summed E-state index contributed by atoms with van der Waals surface area (Å²) in [5.74, 6) is 3.30. The number of hydrogen-bond acceptors (Lipinski definition) is 5. The monoisotopic (exact) mass is 520 g/mol. The highest BCUT2D eigenvalue weighted by atomic mass is 127. The number of aryl methyl sites for hydroxylation is 1. The molecule has 1 saturated heterocycles. The zero-order valence-electron chi connectivity index (χ0n) is 18.0. The average Bonchev–Trinajstić information content (AvgIpc) is 3.12. The molecule has 0 aromatic carbocycles. The summed E-state index contributed by atoms with van der Waals surface area (Å²) in [6, 6.07) is 0.325. The molecule has 3 rings (SSSR count). The van der Waals surface area contributed by atoms with Gasteiger partial charge in [-0.25, -0.2) is 9.67 Å². The van der Waals surface area contributed by atoms with Crippen molar-refractivity contribution in [3.05, 3.63) is 11.6 Å². The second kappa shape index (κ2) is 12.7. The van der Waals surface area contributed by atoms with Gasteiger partial charge in [-0.2, -0.15) is 5.10 Å². The Bertz CT molecular complexity index is 630. The third-order valence-corrected chi connectivity index (χ3v) is 5.17. The number of nitrogens with one attached hydrogen (secondary N) is 2. The average molecular weight is 520 g/mol. The summed E-state index contributed by atoms with van der Waals surface area (Å²) in [6.45, 7) is 11.2. The van der Waals surface area contributed by atoms with Crippen LogP contribution < -0.4 is 10.6 Å². The molecule has 0 amide bonds. The van der Waals surface area contributed by atoms with Crippen molar-refractivity contribution in [1.82, 2.24) is 25.4 Å². The van der Waals surface area contributed by atoms with Crippen molar-refractivity contribution in [3.8, 4) is 0 Å². The standard InChI is InChI=1S/C20H36N6O2.HI/c1-4-21-20(22-10-5-11-28-17-8-12-27-13-9-17)23-16-6-7-18-24-19(15(2)3)25-26(18)14-16;/h15-17H,4-14H2,1-3H3,(H2,21,22,23);1H. The van der Waals surface area contributed by atoms with Crippen LogP contribution in [0.4, 0.5) is 0 Å². The number of rotatable bonds is 8. The summed E-state index contributed by atoms with van der Waals surface area (Å²) in [4.78, 5) is 9.39.